The van der Waals surface area contributed by atoms with Gasteiger partial charge in [-0.1, -0.05) is 60.7 Å². The molecule has 0 N–H and O–H groups in total. The van der Waals surface area contributed by atoms with Crippen LogP contribution in [0.15, 0.2) is 66.9 Å². The fourth-order valence-electron chi connectivity index (χ4n) is 3.41. The van der Waals surface area contributed by atoms with Crippen LogP contribution in [0.25, 0.3) is 10.6 Å². The molecular weight excluding hydrogens is 340 g/mol. The van der Waals surface area contributed by atoms with E-state index in [1.807, 2.05) is 12.3 Å². The van der Waals surface area contributed by atoms with Crippen molar-refractivity contribution >= 4 is 11.3 Å². The van der Waals surface area contributed by atoms with E-state index in [2.05, 4.69) is 64.5 Å². The van der Waals surface area contributed by atoms with Gasteiger partial charge in [-0.15, -0.1) is 11.3 Å². The topological polar surface area (TPSA) is 25.4 Å². The zero-order valence-electron chi connectivity index (χ0n) is 14.9. The lowest BCUT2D eigenvalue weighted by Crippen LogP contribution is -2.36. The van der Waals surface area contributed by atoms with Crippen LogP contribution in [-0.2, 0) is 17.7 Å². The Labute approximate surface area is 159 Å². The van der Waals surface area contributed by atoms with Gasteiger partial charge in [-0.05, 0) is 18.4 Å². The third kappa shape index (κ3) is 4.39. The predicted octanol–water partition coefficient (Wildman–Crippen LogP) is 4.64. The van der Waals surface area contributed by atoms with Crippen molar-refractivity contribution in [2.24, 2.45) is 0 Å². The molecule has 1 atom stereocenters. The summed E-state index contributed by atoms with van der Waals surface area (Å²) < 4.78 is 5.65. The third-order valence-corrected chi connectivity index (χ3v) is 5.92. The molecule has 0 amide bonds. The molecule has 0 bridgehead atoms. The average Bonchev–Trinajstić information content (AvgIpc) is 3.39. The maximum absolute atomic E-state index is 5.65. The van der Waals surface area contributed by atoms with Crippen LogP contribution >= 0.6 is 11.3 Å². The van der Waals surface area contributed by atoms with Crippen molar-refractivity contribution in [1.29, 1.82) is 0 Å². The van der Waals surface area contributed by atoms with E-state index in [0.717, 1.165) is 44.2 Å². The molecule has 0 radical (unpaired) electrons. The Morgan fingerprint density at radius 3 is 2.54 bits per heavy atom. The summed E-state index contributed by atoms with van der Waals surface area (Å²) in [6.45, 7) is 3.73. The number of hydrogen-bond acceptors (Lipinski definition) is 4. The average molecular weight is 365 g/mol. The van der Waals surface area contributed by atoms with Crippen LogP contribution in [0.4, 0.5) is 0 Å². The quantitative estimate of drug-likeness (QED) is 0.610. The SMILES string of the molecule is c1ccc(CCN(Cc2cnc(-c3ccccc3)s2)C2CCOC2)cc1. The fourth-order valence-corrected chi connectivity index (χ4v) is 4.36. The Hall–Kier alpha value is -2.01. The minimum absolute atomic E-state index is 0.515. The molecule has 0 spiro atoms. The second kappa shape index (κ2) is 8.58. The molecule has 2 heterocycles. The largest absolute Gasteiger partial charge is 0.380 e. The second-order valence-corrected chi connectivity index (χ2v) is 7.84. The molecule has 0 saturated carbocycles. The van der Waals surface area contributed by atoms with Crippen molar-refractivity contribution in [3.05, 3.63) is 77.3 Å². The number of ether oxygens (including phenoxy) is 1. The lowest BCUT2D eigenvalue weighted by atomic mass is 10.1. The van der Waals surface area contributed by atoms with E-state index in [1.165, 1.54) is 16.0 Å². The number of aromatic nitrogens is 1. The smallest absolute Gasteiger partial charge is 0.123 e. The summed E-state index contributed by atoms with van der Waals surface area (Å²) in [5.41, 5.74) is 2.59. The van der Waals surface area contributed by atoms with E-state index in [1.54, 1.807) is 11.3 Å². The van der Waals surface area contributed by atoms with E-state index in [4.69, 9.17) is 4.74 Å². The first-order valence-corrected chi connectivity index (χ1v) is 10.1. The molecule has 4 rings (SSSR count). The van der Waals surface area contributed by atoms with E-state index in [0.29, 0.717) is 6.04 Å². The van der Waals surface area contributed by atoms with Gasteiger partial charge in [-0.3, -0.25) is 4.90 Å². The van der Waals surface area contributed by atoms with Crippen LogP contribution < -0.4 is 0 Å². The summed E-state index contributed by atoms with van der Waals surface area (Å²) in [6, 6.07) is 21.7. The predicted molar refractivity (Wildman–Crippen MR) is 107 cm³/mol. The van der Waals surface area contributed by atoms with Gasteiger partial charge in [0.1, 0.15) is 5.01 Å². The summed E-state index contributed by atoms with van der Waals surface area (Å²) in [7, 11) is 0. The lowest BCUT2D eigenvalue weighted by molar-refractivity contribution is 0.140. The minimum atomic E-state index is 0.515. The van der Waals surface area contributed by atoms with Gasteiger partial charge in [0, 0.05) is 42.4 Å². The van der Waals surface area contributed by atoms with E-state index in [-0.39, 0.29) is 0 Å². The number of hydrogen-bond donors (Lipinski definition) is 0. The van der Waals surface area contributed by atoms with Gasteiger partial charge in [0.15, 0.2) is 0 Å². The Morgan fingerprint density at radius 1 is 1.04 bits per heavy atom. The Kier molecular flexibility index (Phi) is 5.75. The molecule has 134 valence electrons. The van der Waals surface area contributed by atoms with Crippen molar-refractivity contribution in [2.75, 3.05) is 19.8 Å². The van der Waals surface area contributed by atoms with E-state index < -0.39 is 0 Å². The summed E-state index contributed by atoms with van der Waals surface area (Å²) in [6.07, 6.45) is 4.24. The fraction of sp³-hybridized carbons (Fsp3) is 0.318. The Balaban J connectivity index is 1.45. The van der Waals surface area contributed by atoms with Crippen LogP contribution in [0.5, 0.6) is 0 Å². The molecule has 2 aromatic carbocycles. The number of nitrogens with zero attached hydrogens (tertiary/aromatic N) is 2. The van der Waals surface area contributed by atoms with Crippen LogP contribution in [0, 0.1) is 0 Å². The zero-order chi connectivity index (χ0) is 17.6. The van der Waals surface area contributed by atoms with Gasteiger partial charge in [0.25, 0.3) is 0 Å². The first-order chi connectivity index (χ1) is 12.9. The van der Waals surface area contributed by atoms with Crippen molar-refractivity contribution < 1.29 is 4.74 Å². The third-order valence-electron chi connectivity index (χ3n) is 4.89. The molecule has 1 saturated heterocycles. The maximum atomic E-state index is 5.65. The first-order valence-electron chi connectivity index (χ1n) is 9.24. The minimum Gasteiger partial charge on any atom is -0.380 e. The monoisotopic (exact) mass is 364 g/mol. The molecule has 1 aliphatic rings. The standard InChI is InChI=1S/C22H24N2OS/c1-3-7-18(8-4-1)11-13-24(20-12-14-25-17-20)16-21-15-23-22(26-21)19-9-5-2-6-10-19/h1-10,15,20H,11-14,16-17H2. The normalized spacial score (nSPS) is 17.0. The highest BCUT2D eigenvalue weighted by atomic mass is 32.1. The maximum Gasteiger partial charge on any atom is 0.123 e. The Bertz CT molecular complexity index is 797. The summed E-state index contributed by atoms with van der Waals surface area (Å²) in [5.74, 6) is 0. The second-order valence-electron chi connectivity index (χ2n) is 6.72. The highest BCUT2D eigenvalue weighted by Gasteiger charge is 2.24. The van der Waals surface area contributed by atoms with Crippen LogP contribution in [-0.4, -0.2) is 35.7 Å². The zero-order valence-corrected chi connectivity index (χ0v) is 15.7. The summed E-state index contributed by atoms with van der Waals surface area (Å²) in [4.78, 5) is 8.54. The number of benzene rings is 2. The van der Waals surface area contributed by atoms with Gasteiger partial charge in [-0.25, -0.2) is 4.98 Å². The van der Waals surface area contributed by atoms with Crippen LogP contribution in [0.3, 0.4) is 0 Å². The van der Waals surface area contributed by atoms with Crippen molar-refractivity contribution in [3.8, 4) is 10.6 Å². The first kappa shape index (κ1) is 17.4. The molecule has 0 aliphatic carbocycles. The van der Waals surface area contributed by atoms with E-state index >= 15 is 0 Å². The molecule has 1 unspecified atom stereocenters. The van der Waals surface area contributed by atoms with Crippen LogP contribution in [0.1, 0.15) is 16.9 Å². The van der Waals surface area contributed by atoms with Gasteiger partial charge >= 0.3 is 0 Å². The highest BCUT2D eigenvalue weighted by molar-refractivity contribution is 7.15. The Morgan fingerprint density at radius 2 is 1.81 bits per heavy atom. The molecule has 3 nitrogen and oxygen atoms in total. The van der Waals surface area contributed by atoms with E-state index in [9.17, 15) is 0 Å². The van der Waals surface area contributed by atoms with Crippen LogP contribution in [0.2, 0.25) is 0 Å². The van der Waals surface area contributed by atoms with Gasteiger partial charge in [0.2, 0.25) is 0 Å². The van der Waals surface area contributed by atoms with Gasteiger partial charge in [-0.2, -0.15) is 0 Å². The number of rotatable bonds is 7. The molecular formula is C22H24N2OS. The molecule has 1 fully saturated rings. The summed E-state index contributed by atoms with van der Waals surface area (Å²) >= 11 is 1.80. The molecule has 26 heavy (non-hydrogen) atoms. The highest BCUT2D eigenvalue weighted by Crippen LogP contribution is 2.27. The lowest BCUT2D eigenvalue weighted by Gasteiger charge is -2.27. The van der Waals surface area contributed by atoms with Crippen molar-refractivity contribution in [3.63, 3.8) is 0 Å². The molecule has 1 aliphatic heterocycles. The van der Waals surface area contributed by atoms with Crippen molar-refractivity contribution in [1.82, 2.24) is 9.88 Å². The van der Waals surface area contributed by atoms with Crippen molar-refractivity contribution in [2.45, 2.75) is 25.4 Å². The molecule has 3 aromatic rings. The summed E-state index contributed by atoms with van der Waals surface area (Å²) in [5, 5.41) is 1.10. The van der Waals surface area contributed by atoms with Gasteiger partial charge in [0.05, 0.1) is 6.61 Å². The number of thiazole rings is 1. The van der Waals surface area contributed by atoms with Gasteiger partial charge < -0.3 is 4.74 Å². The molecule has 1 aromatic heterocycles. The molecule has 4 heteroatoms.